The summed E-state index contributed by atoms with van der Waals surface area (Å²) < 4.78 is 5.32. The third-order valence-corrected chi connectivity index (χ3v) is 2.93. The average Bonchev–Trinajstić information content (AvgIpc) is 2.36. The second kappa shape index (κ2) is 8.05. The lowest BCUT2D eigenvalue weighted by Gasteiger charge is -2.34. The number of nitrogens with one attached hydrogen (secondary N) is 1. The summed E-state index contributed by atoms with van der Waals surface area (Å²) in [5, 5.41) is 11.5. The minimum absolute atomic E-state index is 0.0214. The number of rotatable bonds is 7. The second-order valence-electron chi connectivity index (χ2n) is 4.42. The van der Waals surface area contributed by atoms with Crippen LogP contribution < -0.4 is 5.32 Å². The van der Waals surface area contributed by atoms with Crippen molar-refractivity contribution in [2.24, 2.45) is 0 Å². The zero-order valence-electron chi connectivity index (χ0n) is 10.9. The first-order valence-electron chi connectivity index (χ1n) is 6.46. The van der Waals surface area contributed by atoms with Gasteiger partial charge in [0.05, 0.1) is 13.2 Å². The lowest BCUT2D eigenvalue weighted by atomic mass is 10.2. The van der Waals surface area contributed by atoms with Crippen molar-refractivity contribution in [3.8, 4) is 0 Å². The molecule has 0 radical (unpaired) electrons. The van der Waals surface area contributed by atoms with Crippen LogP contribution in [0.25, 0.3) is 0 Å². The van der Waals surface area contributed by atoms with Crippen molar-refractivity contribution in [3.05, 3.63) is 0 Å². The molecule has 18 heavy (non-hydrogen) atoms. The van der Waals surface area contributed by atoms with E-state index in [1.807, 2.05) is 11.8 Å². The number of morpholine rings is 1. The Kier molecular flexibility index (Phi) is 6.67. The molecular formula is C12H22N2O4. The number of amides is 1. The highest BCUT2D eigenvalue weighted by Crippen LogP contribution is 2.08. The standard InChI is InChI=1S/C12H22N2O4/c1-2-5-13-12(17)10-9-18-8-7-14(10)6-3-4-11(15)16/h10H,2-9H2,1H3,(H,13,17)(H,15,16). The van der Waals surface area contributed by atoms with E-state index < -0.39 is 5.97 Å². The summed E-state index contributed by atoms with van der Waals surface area (Å²) in [5.74, 6) is -0.817. The van der Waals surface area contributed by atoms with Crippen LogP contribution in [-0.4, -0.2) is 60.8 Å². The fourth-order valence-electron chi connectivity index (χ4n) is 1.95. The molecule has 0 aromatic carbocycles. The molecule has 1 aliphatic rings. The molecule has 0 spiro atoms. The fraction of sp³-hybridized carbons (Fsp3) is 0.833. The van der Waals surface area contributed by atoms with Gasteiger partial charge in [-0.2, -0.15) is 0 Å². The molecule has 1 amide bonds. The van der Waals surface area contributed by atoms with Crippen molar-refractivity contribution in [1.29, 1.82) is 0 Å². The first-order valence-corrected chi connectivity index (χ1v) is 6.46. The molecule has 0 bridgehead atoms. The third-order valence-electron chi connectivity index (χ3n) is 2.93. The summed E-state index contributed by atoms with van der Waals surface area (Å²) in [4.78, 5) is 24.4. The minimum atomic E-state index is -0.796. The maximum Gasteiger partial charge on any atom is 0.303 e. The number of carbonyl (C=O) groups excluding carboxylic acids is 1. The quantitative estimate of drug-likeness (QED) is 0.676. The number of hydrogen-bond acceptors (Lipinski definition) is 4. The van der Waals surface area contributed by atoms with Crippen LogP contribution in [0.2, 0.25) is 0 Å². The first kappa shape index (κ1) is 14.9. The van der Waals surface area contributed by atoms with Crippen LogP contribution in [-0.2, 0) is 14.3 Å². The van der Waals surface area contributed by atoms with Gasteiger partial charge < -0.3 is 15.2 Å². The molecule has 0 aromatic rings. The first-order chi connectivity index (χ1) is 8.65. The van der Waals surface area contributed by atoms with Gasteiger partial charge in [-0.05, 0) is 19.4 Å². The van der Waals surface area contributed by atoms with E-state index in [1.54, 1.807) is 0 Å². The Morgan fingerprint density at radius 3 is 2.94 bits per heavy atom. The Morgan fingerprint density at radius 2 is 2.28 bits per heavy atom. The van der Waals surface area contributed by atoms with Crippen LogP contribution in [0.15, 0.2) is 0 Å². The highest BCUT2D eigenvalue weighted by atomic mass is 16.5. The summed E-state index contributed by atoms with van der Waals surface area (Å²) in [5.41, 5.74) is 0. The molecule has 6 heteroatoms. The molecule has 0 saturated carbocycles. The van der Waals surface area contributed by atoms with E-state index in [0.29, 0.717) is 39.3 Å². The van der Waals surface area contributed by atoms with Gasteiger partial charge in [-0.3, -0.25) is 14.5 Å². The van der Waals surface area contributed by atoms with Gasteiger partial charge >= 0.3 is 5.97 Å². The number of aliphatic carboxylic acids is 1. The lowest BCUT2D eigenvalue weighted by molar-refractivity contribution is -0.137. The van der Waals surface area contributed by atoms with Gasteiger partial charge in [0, 0.05) is 19.5 Å². The molecule has 0 aliphatic carbocycles. The molecule has 2 N–H and O–H groups in total. The largest absolute Gasteiger partial charge is 0.481 e. The number of ether oxygens (including phenoxy) is 1. The summed E-state index contributed by atoms with van der Waals surface area (Å²) in [7, 11) is 0. The molecule has 6 nitrogen and oxygen atoms in total. The number of carboxylic acids is 1. The Hall–Kier alpha value is -1.14. The summed E-state index contributed by atoms with van der Waals surface area (Å²) in [6.07, 6.45) is 1.60. The molecule has 1 aliphatic heterocycles. The van der Waals surface area contributed by atoms with Crippen LogP contribution in [0.3, 0.4) is 0 Å². The topological polar surface area (TPSA) is 78.9 Å². The van der Waals surface area contributed by atoms with Crippen molar-refractivity contribution < 1.29 is 19.4 Å². The zero-order valence-corrected chi connectivity index (χ0v) is 10.9. The van der Waals surface area contributed by atoms with Crippen LogP contribution >= 0.6 is 0 Å². The zero-order chi connectivity index (χ0) is 13.4. The van der Waals surface area contributed by atoms with Crippen LogP contribution in [0.5, 0.6) is 0 Å². The molecule has 104 valence electrons. The van der Waals surface area contributed by atoms with Crippen molar-refractivity contribution in [3.63, 3.8) is 0 Å². The normalized spacial score (nSPS) is 20.6. The highest BCUT2D eigenvalue weighted by molar-refractivity contribution is 5.82. The van der Waals surface area contributed by atoms with Crippen molar-refractivity contribution in [2.75, 3.05) is 32.8 Å². The summed E-state index contributed by atoms with van der Waals surface area (Å²) in [6.45, 7) is 4.97. The van der Waals surface area contributed by atoms with E-state index in [1.165, 1.54) is 0 Å². The molecule has 0 aromatic heterocycles. The van der Waals surface area contributed by atoms with Gasteiger partial charge in [-0.1, -0.05) is 6.92 Å². The minimum Gasteiger partial charge on any atom is -0.481 e. The molecule has 1 unspecified atom stereocenters. The Bertz CT molecular complexity index is 283. The van der Waals surface area contributed by atoms with Crippen molar-refractivity contribution in [2.45, 2.75) is 32.2 Å². The predicted octanol–water partition coefficient (Wildman–Crippen LogP) is 0.0782. The SMILES string of the molecule is CCCNC(=O)C1COCCN1CCCC(=O)O. The van der Waals surface area contributed by atoms with Gasteiger partial charge in [0.15, 0.2) is 0 Å². The number of carbonyl (C=O) groups is 2. The predicted molar refractivity (Wildman–Crippen MR) is 66.4 cm³/mol. The maximum absolute atomic E-state index is 11.9. The van der Waals surface area contributed by atoms with Crippen molar-refractivity contribution >= 4 is 11.9 Å². The molecule has 1 atom stereocenters. The van der Waals surface area contributed by atoms with E-state index in [9.17, 15) is 9.59 Å². The summed E-state index contributed by atoms with van der Waals surface area (Å²) in [6, 6.07) is -0.279. The number of nitrogens with zero attached hydrogens (tertiary/aromatic N) is 1. The Morgan fingerprint density at radius 1 is 1.50 bits per heavy atom. The third kappa shape index (κ3) is 5.01. The van der Waals surface area contributed by atoms with Gasteiger partial charge in [0.1, 0.15) is 6.04 Å². The van der Waals surface area contributed by atoms with Crippen LogP contribution in [0.4, 0.5) is 0 Å². The van der Waals surface area contributed by atoms with Crippen LogP contribution in [0.1, 0.15) is 26.2 Å². The molecular weight excluding hydrogens is 236 g/mol. The molecule has 1 rings (SSSR count). The lowest BCUT2D eigenvalue weighted by Crippen LogP contribution is -2.54. The van der Waals surface area contributed by atoms with Gasteiger partial charge in [-0.15, -0.1) is 0 Å². The summed E-state index contributed by atoms with van der Waals surface area (Å²) >= 11 is 0. The molecule has 1 fully saturated rings. The number of carboxylic acid groups (broad SMARTS) is 1. The van der Waals surface area contributed by atoms with Gasteiger partial charge in [0.25, 0.3) is 0 Å². The number of hydrogen-bond donors (Lipinski definition) is 2. The van der Waals surface area contributed by atoms with Crippen LogP contribution in [0, 0.1) is 0 Å². The van der Waals surface area contributed by atoms with E-state index in [4.69, 9.17) is 9.84 Å². The van der Waals surface area contributed by atoms with Crippen molar-refractivity contribution in [1.82, 2.24) is 10.2 Å². The van der Waals surface area contributed by atoms with E-state index in [2.05, 4.69) is 5.32 Å². The van der Waals surface area contributed by atoms with E-state index >= 15 is 0 Å². The average molecular weight is 258 g/mol. The maximum atomic E-state index is 11.9. The second-order valence-corrected chi connectivity index (χ2v) is 4.42. The molecule has 1 heterocycles. The van der Waals surface area contributed by atoms with Gasteiger partial charge in [-0.25, -0.2) is 0 Å². The van der Waals surface area contributed by atoms with E-state index in [0.717, 1.165) is 6.42 Å². The highest BCUT2D eigenvalue weighted by Gasteiger charge is 2.28. The Balaban J connectivity index is 2.40. The smallest absolute Gasteiger partial charge is 0.303 e. The van der Waals surface area contributed by atoms with Gasteiger partial charge in [0.2, 0.25) is 5.91 Å². The fourth-order valence-corrected chi connectivity index (χ4v) is 1.95. The Labute approximate surface area is 107 Å². The van der Waals surface area contributed by atoms with E-state index in [-0.39, 0.29) is 18.4 Å². The molecule has 1 saturated heterocycles. The monoisotopic (exact) mass is 258 g/mol.